The Morgan fingerprint density at radius 1 is 1.33 bits per heavy atom. The summed E-state index contributed by atoms with van der Waals surface area (Å²) in [7, 11) is 0. The van der Waals surface area contributed by atoms with E-state index in [1.807, 2.05) is 25.7 Å². The number of carbonyl (C=O) groups excluding carboxylic acids is 2. The van der Waals surface area contributed by atoms with Crippen molar-refractivity contribution < 1.29 is 14.3 Å². The Morgan fingerprint density at radius 2 is 1.94 bits per heavy atom. The molecule has 2 atom stereocenters. The van der Waals surface area contributed by atoms with Gasteiger partial charge in [-0.15, -0.1) is 0 Å². The van der Waals surface area contributed by atoms with E-state index in [0.29, 0.717) is 12.8 Å². The fourth-order valence-electron chi connectivity index (χ4n) is 2.58. The zero-order valence-corrected chi connectivity index (χ0v) is 11.9. The number of hydrogen-bond donors (Lipinski definition) is 0. The second kappa shape index (κ2) is 6.76. The maximum absolute atomic E-state index is 12.2. The lowest BCUT2D eigenvalue weighted by Gasteiger charge is -2.40. The fourth-order valence-corrected chi connectivity index (χ4v) is 2.58. The van der Waals surface area contributed by atoms with E-state index >= 15 is 0 Å². The summed E-state index contributed by atoms with van der Waals surface area (Å²) in [4.78, 5) is 25.7. The number of Topliss-reactive ketones (excluding diaryl/α,β-unsaturated/α-hetero) is 1. The zero-order chi connectivity index (χ0) is 13.7. The molecule has 0 aromatic carbocycles. The van der Waals surface area contributed by atoms with Crippen LogP contribution < -0.4 is 0 Å². The van der Waals surface area contributed by atoms with Crippen molar-refractivity contribution in [3.05, 3.63) is 0 Å². The smallest absolute Gasteiger partial charge is 0.410 e. The van der Waals surface area contributed by atoms with E-state index < -0.39 is 0 Å². The van der Waals surface area contributed by atoms with Gasteiger partial charge in [0.05, 0.1) is 6.10 Å². The van der Waals surface area contributed by atoms with E-state index in [1.54, 1.807) is 0 Å². The molecule has 0 spiro atoms. The molecule has 1 fully saturated rings. The van der Waals surface area contributed by atoms with Crippen molar-refractivity contribution in [1.29, 1.82) is 0 Å². The second-order valence-corrected chi connectivity index (χ2v) is 5.29. The maximum Gasteiger partial charge on any atom is 0.410 e. The van der Waals surface area contributed by atoms with Gasteiger partial charge in [-0.1, -0.05) is 20.3 Å². The minimum absolute atomic E-state index is 0.00838. The predicted molar refractivity (Wildman–Crippen MR) is 70.5 cm³/mol. The highest BCUT2D eigenvalue weighted by Gasteiger charge is 2.37. The molecule has 4 heteroatoms. The second-order valence-electron chi connectivity index (χ2n) is 5.29. The molecule has 0 aromatic rings. The lowest BCUT2D eigenvalue weighted by Crippen LogP contribution is -2.52. The third-order valence-electron chi connectivity index (χ3n) is 3.35. The Balaban J connectivity index is 2.83. The third kappa shape index (κ3) is 3.72. The van der Waals surface area contributed by atoms with E-state index in [-0.39, 0.29) is 30.1 Å². The van der Waals surface area contributed by atoms with Crippen LogP contribution in [0.5, 0.6) is 0 Å². The van der Waals surface area contributed by atoms with Gasteiger partial charge in [0.2, 0.25) is 0 Å². The van der Waals surface area contributed by atoms with E-state index in [9.17, 15) is 9.59 Å². The highest BCUT2D eigenvalue weighted by Crippen LogP contribution is 2.26. The Kier molecular flexibility index (Phi) is 5.63. The highest BCUT2D eigenvalue weighted by molar-refractivity contribution is 5.83. The molecule has 1 heterocycles. The van der Waals surface area contributed by atoms with E-state index in [4.69, 9.17) is 4.74 Å². The van der Waals surface area contributed by atoms with Gasteiger partial charge in [-0.2, -0.15) is 0 Å². The van der Waals surface area contributed by atoms with E-state index in [0.717, 1.165) is 19.3 Å². The first-order valence-corrected chi connectivity index (χ1v) is 7.00. The molecule has 0 aromatic heterocycles. The number of carbonyl (C=O) groups is 2. The van der Waals surface area contributed by atoms with Crippen LogP contribution in [0.4, 0.5) is 4.79 Å². The first kappa shape index (κ1) is 15.0. The number of ether oxygens (including phenoxy) is 1. The molecule has 18 heavy (non-hydrogen) atoms. The monoisotopic (exact) mass is 255 g/mol. The average molecular weight is 255 g/mol. The van der Waals surface area contributed by atoms with Crippen LogP contribution in [0, 0.1) is 0 Å². The molecule has 0 aliphatic carbocycles. The number of piperidine rings is 1. The quantitative estimate of drug-likeness (QED) is 0.775. The van der Waals surface area contributed by atoms with Crippen LogP contribution in [0.3, 0.4) is 0 Å². The lowest BCUT2D eigenvalue weighted by atomic mass is 9.91. The van der Waals surface area contributed by atoms with Crippen LogP contribution in [0.25, 0.3) is 0 Å². The van der Waals surface area contributed by atoms with Crippen LogP contribution >= 0.6 is 0 Å². The number of ketones is 1. The molecule has 0 radical (unpaired) electrons. The molecule has 0 unspecified atom stereocenters. The fraction of sp³-hybridized carbons (Fsp3) is 0.857. The van der Waals surface area contributed by atoms with Crippen molar-refractivity contribution in [3.63, 3.8) is 0 Å². The van der Waals surface area contributed by atoms with Gasteiger partial charge >= 0.3 is 6.09 Å². The molecule has 1 amide bonds. The van der Waals surface area contributed by atoms with Gasteiger partial charge in [0.1, 0.15) is 5.78 Å². The number of likely N-dealkylation sites (tertiary alicyclic amines) is 1. The van der Waals surface area contributed by atoms with Crippen LogP contribution in [0.15, 0.2) is 0 Å². The minimum Gasteiger partial charge on any atom is -0.447 e. The summed E-state index contributed by atoms with van der Waals surface area (Å²) >= 11 is 0. The predicted octanol–water partition coefficient (Wildman–Crippen LogP) is 3.14. The van der Waals surface area contributed by atoms with Crippen LogP contribution in [-0.4, -0.2) is 35.0 Å². The summed E-state index contributed by atoms with van der Waals surface area (Å²) in [6, 6.07) is 0.0292. The van der Waals surface area contributed by atoms with Gasteiger partial charge in [-0.25, -0.2) is 4.79 Å². The third-order valence-corrected chi connectivity index (χ3v) is 3.35. The minimum atomic E-state index is -0.261. The molecular weight excluding hydrogens is 230 g/mol. The van der Waals surface area contributed by atoms with Crippen molar-refractivity contribution in [2.24, 2.45) is 0 Å². The Labute approximate surface area is 110 Å². The normalized spacial score (nSPS) is 24.5. The zero-order valence-electron chi connectivity index (χ0n) is 11.9. The van der Waals surface area contributed by atoms with Crippen LogP contribution in [0.1, 0.15) is 59.8 Å². The number of hydrogen-bond acceptors (Lipinski definition) is 3. The molecule has 1 rings (SSSR count). The highest BCUT2D eigenvalue weighted by atomic mass is 16.6. The van der Waals surface area contributed by atoms with Gasteiger partial charge < -0.3 is 9.64 Å². The largest absolute Gasteiger partial charge is 0.447 e. The van der Waals surface area contributed by atoms with Crippen molar-refractivity contribution in [2.75, 3.05) is 0 Å². The van der Waals surface area contributed by atoms with Crippen molar-refractivity contribution >= 4 is 11.9 Å². The Bertz CT molecular complexity index is 301. The van der Waals surface area contributed by atoms with Crippen molar-refractivity contribution in [1.82, 2.24) is 4.90 Å². The lowest BCUT2D eigenvalue weighted by molar-refractivity contribution is -0.124. The first-order valence-electron chi connectivity index (χ1n) is 7.00. The topological polar surface area (TPSA) is 46.6 Å². The summed E-state index contributed by atoms with van der Waals surface area (Å²) in [5, 5.41) is 0. The van der Waals surface area contributed by atoms with Gasteiger partial charge in [-0.05, 0) is 26.7 Å². The number of rotatable bonds is 4. The summed E-state index contributed by atoms with van der Waals surface area (Å²) in [6.07, 6.45) is 3.23. The molecule has 0 N–H and O–H groups in total. The Hall–Kier alpha value is -1.06. The summed E-state index contributed by atoms with van der Waals surface area (Å²) in [5.41, 5.74) is 0. The van der Waals surface area contributed by atoms with Crippen LogP contribution in [-0.2, 0) is 9.53 Å². The standard InChI is InChI=1S/C14H25NO3/c1-5-7-12-9-13(16)8-11(6-2)15(12)14(17)18-10(3)4/h10-12H,5-9H2,1-4H3/t11-,12+/m0/s1. The molecule has 1 aliphatic heterocycles. The summed E-state index contributed by atoms with van der Waals surface area (Å²) < 4.78 is 5.31. The van der Waals surface area contributed by atoms with Gasteiger partial charge in [0.15, 0.2) is 0 Å². The van der Waals surface area contributed by atoms with Crippen molar-refractivity contribution in [2.45, 2.75) is 78.0 Å². The SMILES string of the molecule is CCC[C@@H]1CC(=O)C[C@H](CC)N1C(=O)OC(C)C. The molecule has 1 aliphatic rings. The molecule has 0 bridgehead atoms. The van der Waals surface area contributed by atoms with Crippen LogP contribution in [0.2, 0.25) is 0 Å². The summed E-state index contributed by atoms with van der Waals surface area (Å²) in [5.74, 6) is 0.272. The first-order chi connectivity index (χ1) is 8.49. The molecule has 1 saturated heterocycles. The number of amides is 1. The summed E-state index contributed by atoms with van der Waals surface area (Å²) in [6.45, 7) is 7.79. The molecule has 4 nitrogen and oxygen atoms in total. The molecular formula is C14H25NO3. The molecule has 0 saturated carbocycles. The van der Waals surface area contributed by atoms with E-state index in [2.05, 4.69) is 6.92 Å². The van der Waals surface area contributed by atoms with Gasteiger partial charge in [-0.3, -0.25) is 4.79 Å². The van der Waals surface area contributed by atoms with E-state index in [1.165, 1.54) is 0 Å². The Morgan fingerprint density at radius 3 is 2.44 bits per heavy atom. The average Bonchev–Trinajstić information content (AvgIpc) is 2.27. The number of nitrogens with zero attached hydrogens (tertiary/aromatic N) is 1. The van der Waals surface area contributed by atoms with Gasteiger partial charge in [0, 0.05) is 24.9 Å². The van der Waals surface area contributed by atoms with Crippen molar-refractivity contribution in [3.8, 4) is 0 Å². The molecule has 104 valence electrons. The van der Waals surface area contributed by atoms with Gasteiger partial charge in [0.25, 0.3) is 0 Å². The maximum atomic E-state index is 12.2.